The van der Waals surface area contributed by atoms with Crippen LogP contribution in [0.5, 0.6) is 0 Å². The number of anilines is 1. The lowest BCUT2D eigenvalue weighted by atomic mass is 9.94. The van der Waals surface area contributed by atoms with Crippen molar-refractivity contribution in [3.05, 3.63) is 81.9 Å². The predicted octanol–water partition coefficient (Wildman–Crippen LogP) is 4.96. The number of carbonyl (C=O) groups is 1. The first-order chi connectivity index (χ1) is 15.0. The summed E-state index contributed by atoms with van der Waals surface area (Å²) < 4.78 is 5.54. The van der Waals surface area contributed by atoms with Crippen molar-refractivity contribution in [2.75, 3.05) is 25.1 Å². The topological polar surface area (TPSA) is 72.7 Å². The van der Waals surface area contributed by atoms with Crippen molar-refractivity contribution in [1.29, 1.82) is 0 Å². The van der Waals surface area contributed by atoms with E-state index < -0.39 is 4.92 Å². The van der Waals surface area contributed by atoms with Gasteiger partial charge in [0.2, 0.25) is 0 Å². The zero-order valence-electron chi connectivity index (χ0n) is 17.5. The molecule has 0 saturated heterocycles. The van der Waals surface area contributed by atoms with E-state index in [1.54, 1.807) is 12.1 Å². The molecule has 2 aromatic carbocycles. The number of rotatable bonds is 8. The second-order valence-electron chi connectivity index (χ2n) is 8.25. The van der Waals surface area contributed by atoms with Crippen molar-refractivity contribution in [2.24, 2.45) is 17.8 Å². The summed E-state index contributed by atoms with van der Waals surface area (Å²) in [4.78, 5) is 24.7. The van der Waals surface area contributed by atoms with Crippen LogP contribution in [0.15, 0.2) is 60.7 Å². The highest BCUT2D eigenvalue weighted by Gasteiger charge is 2.40. The van der Waals surface area contributed by atoms with Gasteiger partial charge in [-0.2, -0.15) is 0 Å². The number of non-ortho nitro benzene ring substituents is 1. The molecule has 0 N–H and O–H groups in total. The van der Waals surface area contributed by atoms with Crippen molar-refractivity contribution in [3.8, 4) is 0 Å². The number of allylic oxidation sites excluding steroid dienone is 2. The molecular formula is C25H26N2O4. The van der Waals surface area contributed by atoms with Crippen LogP contribution in [-0.4, -0.2) is 31.1 Å². The number of nitro benzene ring substituents is 1. The fourth-order valence-electron chi connectivity index (χ4n) is 4.31. The van der Waals surface area contributed by atoms with Gasteiger partial charge in [0, 0.05) is 24.9 Å². The zero-order valence-corrected chi connectivity index (χ0v) is 17.5. The van der Waals surface area contributed by atoms with Crippen LogP contribution in [0.1, 0.15) is 24.0 Å². The summed E-state index contributed by atoms with van der Waals surface area (Å²) in [6.45, 7) is 1.02. The van der Waals surface area contributed by atoms with E-state index in [4.69, 9.17) is 4.74 Å². The number of benzene rings is 2. The molecule has 6 heteroatoms. The molecule has 1 fully saturated rings. The van der Waals surface area contributed by atoms with Crippen LogP contribution in [0.2, 0.25) is 0 Å². The number of carbonyl (C=O) groups excluding carboxylic acids is 1. The lowest BCUT2D eigenvalue weighted by Gasteiger charge is -2.21. The molecule has 3 atom stereocenters. The molecule has 0 radical (unpaired) electrons. The average molecular weight is 418 g/mol. The van der Waals surface area contributed by atoms with E-state index in [1.807, 2.05) is 43.5 Å². The van der Waals surface area contributed by atoms with Gasteiger partial charge in [-0.15, -0.1) is 0 Å². The molecule has 0 amide bonds. The summed E-state index contributed by atoms with van der Waals surface area (Å²) in [6.07, 6.45) is 10.3. The summed E-state index contributed by atoms with van der Waals surface area (Å²) in [6, 6.07) is 14.5. The summed E-state index contributed by atoms with van der Waals surface area (Å²) in [7, 11) is 1.98. The third-order valence-electron chi connectivity index (χ3n) is 6.16. The van der Waals surface area contributed by atoms with Crippen LogP contribution in [0.4, 0.5) is 11.4 Å². The summed E-state index contributed by atoms with van der Waals surface area (Å²) in [5.41, 5.74) is 3.07. The number of hydrogen-bond acceptors (Lipinski definition) is 5. The van der Waals surface area contributed by atoms with Gasteiger partial charge in [-0.1, -0.05) is 36.4 Å². The van der Waals surface area contributed by atoms with Gasteiger partial charge < -0.3 is 9.64 Å². The molecule has 0 heterocycles. The van der Waals surface area contributed by atoms with Crippen LogP contribution >= 0.6 is 0 Å². The first kappa shape index (κ1) is 20.8. The molecule has 2 bridgehead atoms. The first-order valence-corrected chi connectivity index (χ1v) is 10.6. The number of nitrogens with zero attached hydrogens (tertiary/aromatic N) is 2. The number of esters is 1. The Kier molecular flexibility index (Phi) is 6.16. The van der Waals surface area contributed by atoms with Gasteiger partial charge in [-0.05, 0) is 60.1 Å². The number of ether oxygens (including phenoxy) is 1. The standard InChI is InChI=1S/C25H26N2O4/c1-26(14-15-31-25(28)24-17-20-4-9-21(24)16-20)22-10-5-18(6-11-22)2-3-19-7-12-23(13-8-19)27(29)30/h2-13,20-21,24H,14-17H2,1H3/b3-2+. The molecule has 2 aliphatic rings. The van der Waals surface area contributed by atoms with Crippen molar-refractivity contribution in [1.82, 2.24) is 0 Å². The van der Waals surface area contributed by atoms with Gasteiger partial charge in [-0.25, -0.2) is 0 Å². The Morgan fingerprint density at radius 1 is 1.06 bits per heavy atom. The van der Waals surface area contributed by atoms with Crippen LogP contribution < -0.4 is 4.90 Å². The highest BCUT2D eigenvalue weighted by Crippen LogP contribution is 2.43. The summed E-state index contributed by atoms with van der Waals surface area (Å²) in [5.74, 6) is 0.930. The van der Waals surface area contributed by atoms with Crippen LogP contribution in [0.3, 0.4) is 0 Å². The van der Waals surface area contributed by atoms with E-state index in [2.05, 4.69) is 17.1 Å². The molecule has 1 saturated carbocycles. The van der Waals surface area contributed by atoms with Crippen molar-refractivity contribution < 1.29 is 14.5 Å². The third kappa shape index (κ3) is 5.02. The molecule has 160 valence electrons. The van der Waals surface area contributed by atoms with E-state index in [1.165, 1.54) is 12.1 Å². The maximum Gasteiger partial charge on any atom is 0.309 e. The lowest BCUT2D eigenvalue weighted by Crippen LogP contribution is -2.27. The average Bonchev–Trinajstić information content (AvgIpc) is 3.42. The van der Waals surface area contributed by atoms with Crippen LogP contribution in [0, 0.1) is 27.9 Å². The summed E-state index contributed by atoms with van der Waals surface area (Å²) >= 11 is 0. The van der Waals surface area contributed by atoms with Gasteiger partial charge in [0.15, 0.2) is 0 Å². The number of likely N-dealkylation sites (N-methyl/N-ethyl adjacent to an activating group) is 1. The lowest BCUT2D eigenvalue weighted by molar-refractivity contribution is -0.384. The van der Waals surface area contributed by atoms with E-state index >= 15 is 0 Å². The minimum absolute atomic E-state index is 0.0436. The Morgan fingerprint density at radius 3 is 2.26 bits per heavy atom. The predicted molar refractivity (Wildman–Crippen MR) is 122 cm³/mol. The molecule has 3 unspecified atom stereocenters. The second kappa shape index (κ2) is 9.16. The van der Waals surface area contributed by atoms with E-state index in [0.717, 1.165) is 29.7 Å². The Morgan fingerprint density at radius 2 is 1.71 bits per heavy atom. The highest BCUT2D eigenvalue weighted by atomic mass is 16.6. The third-order valence-corrected chi connectivity index (χ3v) is 6.16. The largest absolute Gasteiger partial charge is 0.464 e. The van der Waals surface area contributed by atoms with Gasteiger partial charge in [0.1, 0.15) is 6.61 Å². The maximum atomic E-state index is 12.3. The molecule has 6 nitrogen and oxygen atoms in total. The molecule has 2 aliphatic carbocycles. The minimum atomic E-state index is -0.403. The Balaban J connectivity index is 1.25. The van der Waals surface area contributed by atoms with Crippen molar-refractivity contribution in [3.63, 3.8) is 0 Å². The first-order valence-electron chi connectivity index (χ1n) is 10.6. The molecule has 2 aromatic rings. The van der Waals surface area contributed by atoms with Gasteiger partial charge in [0.05, 0.1) is 17.4 Å². The fraction of sp³-hybridized carbons (Fsp3) is 0.320. The van der Waals surface area contributed by atoms with Crippen LogP contribution in [0.25, 0.3) is 12.2 Å². The van der Waals surface area contributed by atoms with Gasteiger partial charge >= 0.3 is 5.97 Å². The molecular weight excluding hydrogens is 392 g/mol. The number of nitro groups is 1. The smallest absolute Gasteiger partial charge is 0.309 e. The normalized spacial score (nSPS) is 21.5. The SMILES string of the molecule is CN(CCOC(=O)C1CC2C=CC1C2)c1ccc(/C=C/c2ccc([N+](=O)[O-])cc2)cc1. The van der Waals surface area contributed by atoms with Gasteiger partial charge in [-0.3, -0.25) is 14.9 Å². The van der Waals surface area contributed by atoms with Crippen LogP contribution in [-0.2, 0) is 9.53 Å². The molecule has 0 aromatic heterocycles. The Bertz CT molecular complexity index is 995. The monoisotopic (exact) mass is 418 g/mol. The fourth-order valence-corrected chi connectivity index (χ4v) is 4.31. The Hall–Kier alpha value is -3.41. The molecule has 31 heavy (non-hydrogen) atoms. The molecule has 4 rings (SSSR count). The van der Waals surface area contributed by atoms with Crippen molar-refractivity contribution in [2.45, 2.75) is 12.8 Å². The minimum Gasteiger partial charge on any atom is -0.464 e. The Labute approximate surface area is 182 Å². The van der Waals surface area contributed by atoms with Crippen molar-refractivity contribution >= 4 is 29.5 Å². The van der Waals surface area contributed by atoms with E-state index in [-0.39, 0.29) is 17.6 Å². The maximum absolute atomic E-state index is 12.3. The van der Waals surface area contributed by atoms with E-state index in [0.29, 0.717) is 25.0 Å². The molecule has 0 spiro atoms. The van der Waals surface area contributed by atoms with E-state index in [9.17, 15) is 14.9 Å². The zero-order chi connectivity index (χ0) is 21.8. The highest BCUT2D eigenvalue weighted by molar-refractivity contribution is 5.74. The number of fused-ring (bicyclic) bond motifs is 2. The van der Waals surface area contributed by atoms with Gasteiger partial charge in [0.25, 0.3) is 5.69 Å². The second-order valence-corrected chi connectivity index (χ2v) is 8.25. The molecule has 0 aliphatic heterocycles. The quantitative estimate of drug-likeness (QED) is 0.199. The summed E-state index contributed by atoms with van der Waals surface area (Å²) in [5, 5.41) is 10.7. The number of hydrogen-bond donors (Lipinski definition) is 0.